The molecule has 9 heteroatoms. The molecule has 0 saturated heterocycles. The average Bonchev–Trinajstić information content (AvgIpc) is 2.61. The molecule has 0 saturated carbocycles. The van der Waals surface area contributed by atoms with E-state index >= 15 is 0 Å². The highest BCUT2D eigenvalue weighted by molar-refractivity contribution is 7.89. The number of alkyl halides is 2. The van der Waals surface area contributed by atoms with E-state index in [-0.39, 0.29) is 17.1 Å². The Bertz CT molecular complexity index is 472. The minimum absolute atomic E-state index is 0.0329. The molecule has 1 heterocycles. The number of nitrogens with two attached hydrogens (primary N) is 1. The van der Waals surface area contributed by atoms with E-state index in [1.54, 1.807) is 0 Å². The zero-order valence-corrected chi connectivity index (χ0v) is 10.0. The molecule has 0 fully saturated rings. The lowest BCUT2D eigenvalue weighted by atomic mass is 10.4. The van der Waals surface area contributed by atoms with Gasteiger partial charge in [0.15, 0.2) is 0 Å². The standard InChI is InChI=1S/C8H14F2N4O2S/c1-6-7(5-14(13-6)8(9)10)17(15,16)12-4-2-3-11/h5,8,12H,2-4,11H2,1H3. The molecular weight excluding hydrogens is 254 g/mol. The first-order valence-electron chi connectivity index (χ1n) is 4.92. The fourth-order valence-corrected chi connectivity index (χ4v) is 2.46. The summed E-state index contributed by atoms with van der Waals surface area (Å²) >= 11 is 0. The average molecular weight is 268 g/mol. The molecule has 1 rings (SSSR count). The molecular formula is C8H14F2N4O2S. The molecule has 6 nitrogen and oxygen atoms in total. The third-order valence-electron chi connectivity index (χ3n) is 2.03. The molecule has 0 aliphatic carbocycles. The van der Waals surface area contributed by atoms with Crippen LogP contribution in [-0.4, -0.2) is 31.3 Å². The summed E-state index contributed by atoms with van der Waals surface area (Å²) in [6, 6.07) is 0. The Morgan fingerprint density at radius 3 is 2.71 bits per heavy atom. The predicted octanol–water partition coefficient (Wildman–Crippen LogP) is 0.214. The van der Waals surface area contributed by atoms with Crippen LogP contribution in [0.1, 0.15) is 18.7 Å². The summed E-state index contributed by atoms with van der Waals surface area (Å²) in [6.45, 7) is -0.992. The molecule has 0 bridgehead atoms. The Kier molecular flexibility index (Phi) is 4.54. The number of aryl methyl sites for hydroxylation is 1. The van der Waals surface area contributed by atoms with E-state index in [0.29, 0.717) is 17.6 Å². The van der Waals surface area contributed by atoms with Crippen molar-refractivity contribution in [3.63, 3.8) is 0 Å². The van der Waals surface area contributed by atoms with E-state index in [1.807, 2.05) is 0 Å². The number of hydrogen-bond acceptors (Lipinski definition) is 4. The normalized spacial score (nSPS) is 12.3. The fourth-order valence-electron chi connectivity index (χ4n) is 1.22. The molecule has 17 heavy (non-hydrogen) atoms. The third-order valence-corrected chi connectivity index (χ3v) is 3.60. The first kappa shape index (κ1) is 14.0. The Labute approximate surface area is 97.8 Å². The molecule has 0 spiro atoms. The lowest BCUT2D eigenvalue weighted by Crippen LogP contribution is -2.26. The summed E-state index contributed by atoms with van der Waals surface area (Å²) in [4.78, 5) is -0.241. The van der Waals surface area contributed by atoms with E-state index in [4.69, 9.17) is 5.73 Å². The Morgan fingerprint density at radius 2 is 2.24 bits per heavy atom. The summed E-state index contributed by atoms with van der Waals surface area (Å²) in [5.74, 6) is 0. The van der Waals surface area contributed by atoms with Gasteiger partial charge >= 0.3 is 6.55 Å². The first-order valence-corrected chi connectivity index (χ1v) is 6.40. The van der Waals surface area contributed by atoms with Crippen molar-refractivity contribution >= 4 is 10.0 Å². The van der Waals surface area contributed by atoms with Crippen LogP contribution >= 0.6 is 0 Å². The van der Waals surface area contributed by atoms with Crippen LogP contribution in [-0.2, 0) is 10.0 Å². The molecule has 0 aromatic carbocycles. The predicted molar refractivity (Wildman–Crippen MR) is 57.1 cm³/mol. The highest BCUT2D eigenvalue weighted by atomic mass is 32.2. The zero-order chi connectivity index (χ0) is 13.1. The number of aromatic nitrogens is 2. The SMILES string of the molecule is Cc1nn(C(F)F)cc1S(=O)(=O)NCCCN. The molecule has 0 atom stereocenters. The number of rotatable bonds is 6. The maximum absolute atomic E-state index is 12.3. The van der Waals surface area contributed by atoms with Gasteiger partial charge in [0.2, 0.25) is 10.0 Å². The van der Waals surface area contributed by atoms with Gasteiger partial charge in [-0.15, -0.1) is 0 Å². The number of halogens is 2. The molecule has 98 valence electrons. The quantitative estimate of drug-likeness (QED) is 0.722. The summed E-state index contributed by atoms with van der Waals surface area (Å²) in [7, 11) is -3.80. The highest BCUT2D eigenvalue weighted by Crippen LogP contribution is 2.17. The first-order chi connectivity index (χ1) is 7.88. The van der Waals surface area contributed by atoms with Gasteiger partial charge in [-0.1, -0.05) is 0 Å². The largest absolute Gasteiger partial charge is 0.333 e. The van der Waals surface area contributed by atoms with Gasteiger partial charge in [-0.25, -0.2) is 17.8 Å². The second-order valence-corrected chi connectivity index (χ2v) is 5.11. The lowest BCUT2D eigenvalue weighted by Gasteiger charge is -2.03. The minimum atomic E-state index is -3.80. The van der Waals surface area contributed by atoms with Gasteiger partial charge in [0, 0.05) is 6.54 Å². The molecule has 0 aliphatic rings. The van der Waals surface area contributed by atoms with Crippen LogP contribution in [0.2, 0.25) is 0 Å². The second-order valence-electron chi connectivity index (χ2n) is 3.38. The summed E-state index contributed by atoms with van der Waals surface area (Å²) in [5, 5.41) is 3.43. The van der Waals surface area contributed by atoms with Gasteiger partial charge in [-0.05, 0) is 19.9 Å². The van der Waals surface area contributed by atoms with Crippen molar-refractivity contribution < 1.29 is 17.2 Å². The zero-order valence-electron chi connectivity index (χ0n) is 9.23. The van der Waals surface area contributed by atoms with Crippen LogP contribution in [0.5, 0.6) is 0 Å². The van der Waals surface area contributed by atoms with Crippen LogP contribution in [0.4, 0.5) is 8.78 Å². The lowest BCUT2D eigenvalue weighted by molar-refractivity contribution is 0.0561. The van der Waals surface area contributed by atoms with Gasteiger partial charge < -0.3 is 5.73 Å². The van der Waals surface area contributed by atoms with Crippen molar-refractivity contribution in [3.05, 3.63) is 11.9 Å². The van der Waals surface area contributed by atoms with E-state index < -0.39 is 16.6 Å². The van der Waals surface area contributed by atoms with Gasteiger partial charge in [0.25, 0.3) is 0 Å². The minimum Gasteiger partial charge on any atom is -0.330 e. The van der Waals surface area contributed by atoms with E-state index in [1.165, 1.54) is 6.92 Å². The van der Waals surface area contributed by atoms with E-state index in [0.717, 1.165) is 6.20 Å². The van der Waals surface area contributed by atoms with Crippen LogP contribution in [0.15, 0.2) is 11.1 Å². The Hall–Kier alpha value is -1.06. The summed E-state index contributed by atoms with van der Waals surface area (Å²) in [6.07, 6.45) is 1.28. The van der Waals surface area contributed by atoms with Crippen LogP contribution in [0.3, 0.4) is 0 Å². The maximum Gasteiger partial charge on any atom is 0.333 e. The highest BCUT2D eigenvalue weighted by Gasteiger charge is 2.21. The van der Waals surface area contributed by atoms with Crippen molar-refractivity contribution in [3.8, 4) is 0 Å². The summed E-state index contributed by atoms with van der Waals surface area (Å²) in [5.41, 5.74) is 5.25. The van der Waals surface area contributed by atoms with Crippen molar-refractivity contribution in [2.24, 2.45) is 5.73 Å². The van der Waals surface area contributed by atoms with Crippen LogP contribution in [0, 0.1) is 6.92 Å². The van der Waals surface area contributed by atoms with Gasteiger partial charge in [-0.3, -0.25) is 0 Å². The maximum atomic E-state index is 12.3. The molecule has 3 N–H and O–H groups in total. The van der Waals surface area contributed by atoms with Crippen molar-refractivity contribution in [2.75, 3.05) is 13.1 Å². The van der Waals surface area contributed by atoms with Gasteiger partial charge in [-0.2, -0.15) is 13.9 Å². The number of sulfonamides is 1. The molecule has 1 aromatic heterocycles. The van der Waals surface area contributed by atoms with Crippen molar-refractivity contribution in [2.45, 2.75) is 24.8 Å². The van der Waals surface area contributed by atoms with Crippen LogP contribution < -0.4 is 10.5 Å². The topological polar surface area (TPSA) is 90.0 Å². The van der Waals surface area contributed by atoms with Crippen LogP contribution in [0.25, 0.3) is 0 Å². The molecule has 0 radical (unpaired) electrons. The molecule has 0 amide bonds. The molecule has 0 unspecified atom stereocenters. The number of nitrogens with one attached hydrogen (secondary N) is 1. The molecule has 1 aromatic rings. The summed E-state index contributed by atoms with van der Waals surface area (Å²) < 4.78 is 50.7. The van der Waals surface area contributed by atoms with E-state index in [9.17, 15) is 17.2 Å². The fraction of sp³-hybridized carbons (Fsp3) is 0.625. The smallest absolute Gasteiger partial charge is 0.330 e. The van der Waals surface area contributed by atoms with Crippen molar-refractivity contribution in [1.29, 1.82) is 0 Å². The second kappa shape index (κ2) is 5.52. The number of hydrogen-bond donors (Lipinski definition) is 2. The van der Waals surface area contributed by atoms with Gasteiger partial charge in [0.05, 0.1) is 11.9 Å². The number of nitrogens with zero attached hydrogens (tertiary/aromatic N) is 2. The third kappa shape index (κ3) is 3.45. The van der Waals surface area contributed by atoms with Crippen molar-refractivity contribution in [1.82, 2.24) is 14.5 Å². The Balaban J connectivity index is 2.91. The molecule has 0 aliphatic heterocycles. The van der Waals surface area contributed by atoms with E-state index in [2.05, 4.69) is 9.82 Å². The van der Waals surface area contributed by atoms with Gasteiger partial charge in [0.1, 0.15) is 4.90 Å². The monoisotopic (exact) mass is 268 g/mol. The Morgan fingerprint density at radius 1 is 1.59 bits per heavy atom.